The molecule has 0 radical (unpaired) electrons. The summed E-state index contributed by atoms with van der Waals surface area (Å²) < 4.78 is 3.03. The van der Waals surface area contributed by atoms with Crippen LogP contribution >= 0.6 is 0 Å². The number of hydrogen-bond donors (Lipinski definition) is 1. The predicted molar refractivity (Wildman–Crippen MR) is 98.5 cm³/mol. The first kappa shape index (κ1) is 15.8. The molecule has 1 N–H and O–H groups in total. The van der Waals surface area contributed by atoms with Gasteiger partial charge in [-0.25, -0.2) is 4.68 Å². The van der Waals surface area contributed by atoms with Crippen molar-refractivity contribution in [2.24, 2.45) is 7.05 Å². The molecule has 6 nitrogen and oxygen atoms in total. The number of rotatable bonds is 3. The van der Waals surface area contributed by atoms with Crippen molar-refractivity contribution < 1.29 is 5.11 Å². The van der Waals surface area contributed by atoms with E-state index in [2.05, 4.69) is 0 Å². The molecule has 0 atom stereocenters. The van der Waals surface area contributed by atoms with Crippen molar-refractivity contribution in [1.82, 2.24) is 9.36 Å². The molecule has 0 bridgehead atoms. The number of aromatic hydroxyl groups is 1. The van der Waals surface area contributed by atoms with Crippen LogP contribution in [0.15, 0.2) is 75.0 Å². The molecule has 0 saturated carbocycles. The van der Waals surface area contributed by atoms with E-state index < -0.39 is 22.2 Å². The summed E-state index contributed by atoms with van der Waals surface area (Å²) in [4.78, 5) is 36.7. The largest absolute Gasteiger partial charge is 0.503 e. The molecule has 0 aliphatic rings. The molecule has 4 aromatic rings. The lowest BCUT2D eigenvalue weighted by molar-refractivity contribution is 0.465. The molecule has 0 fully saturated rings. The third-order valence-electron chi connectivity index (χ3n) is 4.45. The highest BCUT2D eigenvalue weighted by atomic mass is 16.3. The Morgan fingerprint density at radius 1 is 0.769 bits per heavy atom. The molecule has 0 aliphatic carbocycles. The average molecular weight is 346 g/mol. The van der Waals surface area contributed by atoms with Crippen molar-refractivity contribution in [3.05, 3.63) is 91.5 Å². The lowest BCUT2D eigenvalue weighted by atomic mass is 9.97. The number of benzene rings is 2. The topological polar surface area (TPSA) is 81.3 Å². The first-order chi connectivity index (χ1) is 12.5. The van der Waals surface area contributed by atoms with Crippen molar-refractivity contribution in [2.45, 2.75) is 0 Å². The minimum atomic E-state index is -0.964. The van der Waals surface area contributed by atoms with E-state index in [1.54, 1.807) is 48.1 Å². The highest BCUT2D eigenvalue weighted by Gasteiger charge is 2.30. The number of nitrogens with zero attached hydrogens (tertiary/aromatic N) is 2. The summed E-state index contributed by atoms with van der Waals surface area (Å²) in [6.07, 6.45) is 0. The zero-order valence-electron chi connectivity index (χ0n) is 13.8. The Morgan fingerprint density at radius 3 is 1.92 bits per heavy atom. The molecule has 128 valence electrons. The van der Waals surface area contributed by atoms with E-state index in [0.717, 1.165) is 0 Å². The quantitative estimate of drug-likeness (QED) is 0.574. The molecule has 1 aromatic heterocycles. The number of para-hydroxylation sites is 1. The first-order valence-corrected chi connectivity index (χ1v) is 7.98. The van der Waals surface area contributed by atoms with Crippen molar-refractivity contribution in [3.63, 3.8) is 0 Å². The lowest BCUT2D eigenvalue weighted by Gasteiger charge is -2.11. The third-order valence-corrected chi connectivity index (χ3v) is 4.45. The summed E-state index contributed by atoms with van der Waals surface area (Å²) in [5.74, 6) is -0.657. The lowest BCUT2D eigenvalue weighted by Crippen LogP contribution is -2.33. The molecule has 0 aliphatic heterocycles. The van der Waals surface area contributed by atoms with E-state index in [-0.39, 0.29) is 11.1 Å². The Hall–Kier alpha value is -3.67. The highest BCUT2D eigenvalue weighted by Crippen LogP contribution is 2.32. The van der Waals surface area contributed by atoms with E-state index in [0.29, 0.717) is 16.9 Å². The Bertz CT molecular complexity index is 1240. The molecular weight excluding hydrogens is 332 g/mol. The van der Waals surface area contributed by atoms with E-state index in [1.165, 1.54) is 4.68 Å². The molecule has 6 heteroatoms. The van der Waals surface area contributed by atoms with Gasteiger partial charge in [0.25, 0.3) is 11.0 Å². The zero-order chi connectivity index (χ0) is 18.4. The molecule has 0 saturated heterocycles. The Balaban J connectivity index is 2.13. The smallest absolute Gasteiger partial charge is 0.280 e. The van der Waals surface area contributed by atoms with Crippen LogP contribution in [0, 0.1) is 0 Å². The maximum absolute atomic E-state index is 13.1. The minimum absolute atomic E-state index is 0.0321. The molecule has 3 aromatic carbocycles. The summed E-state index contributed by atoms with van der Waals surface area (Å²) in [6, 6.07) is 18.0. The van der Waals surface area contributed by atoms with Gasteiger partial charge in [0.2, 0.25) is 5.43 Å². The van der Waals surface area contributed by atoms with Crippen LogP contribution in [-0.2, 0) is 7.05 Å². The van der Waals surface area contributed by atoms with E-state index in [4.69, 9.17) is 0 Å². The van der Waals surface area contributed by atoms with Crippen LogP contribution < -0.4 is 16.4 Å². The summed E-state index contributed by atoms with van der Waals surface area (Å²) in [5, 5.41) is 9.92. The third kappa shape index (κ3) is 2.09. The summed E-state index contributed by atoms with van der Waals surface area (Å²) >= 11 is 0. The van der Waals surface area contributed by atoms with Crippen molar-refractivity contribution in [3.8, 4) is 33.8 Å². The average Bonchev–Trinajstić information content (AvgIpc) is 2.93. The standard InChI is InChI=1S/C20H14N2O4/c1-21-16(12-8-4-2-5-9-12)14(15-17(23)19(25)18(15)24)20(26)22(21)13-10-6-3-7-11-13/h2-11,23H,1H3. The van der Waals surface area contributed by atoms with Crippen molar-refractivity contribution in [1.29, 1.82) is 0 Å². The van der Waals surface area contributed by atoms with Gasteiger partial charge in [-0.2, -0.15) is 0 Å². The van der Waals surface area contributed by atoms with Gasteiger partial charge in [0.1, 0.15) is 0 Å². The van der Waals surface area contributed by atoms with Gasteiger partial charge in [0, 0.05) is 12.6 Å². The van der Waals surface area contributed by atoms with Crippen molar-refractivity contribution in [2.75, 3.05) is 0 Å². The summed E-state index contributed by atoms with van der Waals surface area (Å²) in [5.41, 5.74) is -0.697. The Kier molecular flexibility index (Phi) is 3.47. The molecule has 1 heterocycles. The van der Waals surface area contributed by atoms with Crippen LogP contribution in [0.1, 0.15) is 0 Å². The Labute approximate surface area is 147 Å². The summed E-state index contributed by atoms with van der Waals surface area (Å²) in [7, 11) is 1.70. The van der Waals surface area contributed by atoms with Gasteiger partial charge in [-0.15, -0.1) is 0 Å². The monoisotopic (exact) mass is 346 g/mol. The van der Waals surface area contributed by atoms with Crippen LogP contribution in [0.2, 0.25) is 0 Å². The molecule has 0 unspecified atom stereocenters. The SMILES string of the molecule is Cn1c(-c2ccccc2)c(-c2c(O)c(=O)c2=O)c(=O)n1-c1ccccc1. The molecule has 4 rings (SSSR count). The van der Waals surface area contributed by atoms with E-state index in [1.807, 2.05) is 24.3 Å². The number of hydrogen-bond acceptors (Lipinski definition) is 4. The van der Waals surface area contributed by atoms with Gasteiger partial charge in [0.15, 0.2) is 5.75 Å². The minimum Gasteiger partial charge on any atom is -0.503 e. The van der Waals surface area contributed by atoms with Crippen LogP contribution in [0.25, 0.3) is 28.1 Å². The summed E-state index contributed by atoms with van der Waals surface area (Å²) in [6.45, 7) is 0. The van der Waals surface area contributed by atoms with E-state index >= 15 is 0 Å². The highest BCUT2D eigenvalue weighted by molar-refractivity contribution is 5.85. The van der Waals surface area contributed by atoms with Gasteiger partial charge in [-0.1, -0.05) is 48.5 Å². The fourth-order valence-electron chi connectivity index (χ4n) is 3.23. The van der Waals surface area contributed by atoms with Crippen LogP contribution in [0.5, 0.6) is 5.75 Å². The van der Waals surface area contributed by atoms with Gasteiger partial charge in [-0.3, -0.25) is 19.1 Å². The molecule has 26 heavy (non-hydrogen) atoms. The van der Waals surface area contributed by atoms with Crippen LogP contribution in [0.3, 0.4) is 0 Å². The molecule has 0 spiro atoms. The van der Waals surface area contributed by atoms with Crippen LogP contribution in [0.4, 0.5) is 0 Å². The van der Waals surface area contributed by atoms with E-state index in [9.17, 15) is 19.5 Å². The van der Waals surface area contributed by atoms with Gasteiger partial charge in [0.05, 0.1) is 22.5 Å². The maximum Gasteiger partial charge on any atom is 0.280 e. The maximum atomic E-state index is 13.1. The second kappa shape index (κ2) is 5.70. The number of aromatic nitrogens is 2. The van der Waals surface area contributed by atoms with Crippen LogP contribution in [-0.4, -0.2) is 14.5 Å². The normalized spacial score (nSPS) is 11.1. The second-order valence-electron chi connectivity index (χ2n) is 5.95. The van der Waals surface area contributed by atoms with Crippen molar-refractivity contribution >= 4 is 0 Å². The fraction of sp³-hybridized carbons (Fsp3) is 0.0500. The molecule has 0 amide bonds. The second-order valence-corrected chi connectivity index (χ2v) is 5.95. The van der Waals surface area contributed by atoms with Gasteiger partial charge < -0.3 is 5.11 Å². The van der Waals surface area contributed by atoms with Gasteiger partial charge in [-0.05, 0) is 12.1 Å². The predicted octanol–water partition coefficient (Wildman–Crippen LogP) is 1.81. The zero-order valence-corrected chi connectivity index (χ0v) is 13.8. The fourth-order valence-corrected chi connectivity index (χ4v) is 3.23. The first-order valence-electron chi connectivity index (χ1n) is 7.98. The molecular formula is C20H14N2O4. The Morgan fingerprint density at radius 2 is 1.35 bits per heavy atom. The van der Waals surface area contributed by atoms with Gasteiger partial charge >= 0.3 is 0 Å².